The van der Waals surface area contributed by atoms with Crippen LogP contribution in [0.1, 0.15) is 17.5 Å². The average Bonchev–Trinajstić information content (AvgIpc) is 3.23. The molecule has 0 unspecified atom stereocenters. The normalized spacial score (nSPS) is 13.0. The van der Waals surface area contributed by atoms with Crippen LogP contribution in [-0.4, -0.2) is 25.0 Å². The lowest BCUT2D eigenvalue weighted by Gasteiger charge is -2.11. The number of pyridine rings is 1. The van der Waals surface area contributed by atoms with Crippen molar-refractivity contribution in [2.45, 2.75) is 12.5 Å². The predicted octanol–water partition coefficient (Wildman–Crippen LogP) is 2.99. The Balaban J connectivity index is 1.70. The van der Waals surface area contributed by atoms with Gasteiger partial charge in [-0.05, 0) is 25.1 Å². The summed E-state index contributed by atoms with van der Waals surface area (Å²) in [6, 6.07) is 9.33. The third-order valence-corrected chi connectivity index (χ3v) is 4.93. The molecule has 4 aromatic rings. The first-order chi connectivity index (χ1) is 13.0. The average molecular weight is 373 g/mol. The summed E-state index contributed by atoms with van der Waals surface area (Å²) in [5, 5.41) is 13.7. The highest BCUT2D eigenvalue weighted by Gasteiger charge is 2.22. The summed E-state index contributed by atoms with van der Waals surface area (Å²) in [6.07, 6.45) is 5.00. The minimum atomic E-state index is -1.30. The summed E-state index contributed by atoms with van der Waals surface area (Å²) in [5.41, 5.74) is 6.78. The molecule has 6 nitrogen and oxygen atoms in total. The van der Waals surface area contributed by atoms with Crippen LogP contribution in [0.5, 0.6) is 0 Å². The number of anilines is 1. The molecular weight excluding hydrogens is 358 g/mol. The number of hydrogen-bond acceptors (Lipinski definition) is 7. The smallest absolute Gasteiger partial charge is 0.174 e. The van der Waals surface area contributed by atoms with E-state index in [1.165, 1.54) is 11.3 Å². The Hall–Kier alpha value is -3.34. The van der Waals surface area contributed by atoms with Crippen molar-refractivity contribution in [1.82, 2.24) is 19.9 Å². The quantitative estimate of drug-likeness (QED) is 0.524. The highest BCUT2D eigenvalue weighted by Crippen LogP contribution is 2.23. The van der Waals surface area contributed by atoms with Gasteiger partial charge in [-0.1, -0.05) is 24.0 Å². The van der Waals surface area contributed by atoms with Crippen LogP contribution in [0.3, 0.4) is 0 Å². The molecule has 3 aromatic heterocycles. The van der Waals surface area contributed by atoms with E-state index in [-0.39, 0.29) is 0 Å². The Bertz CT molecular complexity index is 1180. The van der Waals surface area contributed by atoms with E-state index in [0.717, 1.165) is 16.5 Å². The lowest BCUT2D eigenvalue weighted by Crippen LogP contribution is -2.17. The van der Waals surface area contributed by atoms with E-state index in [0.29, 0.717) is 22.2 Å². The molecule has 0 aliphatic rings. The van der Waals surface area contributed by atoms with Gasteiger partial charge in [0, 0.05) is 40.5 Å². The number of nitrogen functional groups attached to an aromatic ring is 1. The van der Waals surface area contributed by atoms with Crippen LogP contribution in [0.4, 0.5) is 5.82 Å². The molecule has 1 aromatic carbocycles. The van der Waals surface area contributed by atoms with Crippen LogP contribution in [0.2, 0.25) is 0 Å². The lowest BCUT2D eigenvalue weighted by molar-refractivity contribution is 0.122. The molecule has 0 saturated carbocycles. The number of nitrogens with zero attached hydrogens (tertiary/aromatic N) is 4. The number of nitrogens with two attached hydrogens (primary N) is 1. The maximum absolute atomic E-state index is 10.5. The zero-order valence-electron chi connectivity index (χ0n) is 14.4. The molecule has 4 rings (SSSR count). The fraction of sp³-hybridized carbons (Fsp3) is 0.100. The second kappa shape index (κ2) is 6.76. The van der Waals surface area contributed by atoms with Crippen molar-refractivity contribution in [3.8, 4) is 23.2 Å². The summed E-state index contributed by atoms with van der Waals surface area (Å²) in [7, 11) is 0. The monoisotopic (exact) mass is 373 g/mol. The molecule has 0 radical (unpaired) electrons. The van der Waals surface area contributed by atoms with E-state index < -0.39 is 5.60 Å². The Morgan fingerprint density at radius 3 is 2.85 bits per heavy atom. The number of benzene rings is 1. The van der Waals surface area contributed by atoms with E-state index in [1.807, 2.05) is 35.7 Å². The van der Waals surface area contributed by atoms with Gasteiger partial charge < -0.3 is 10.8 Å². The molecule has 0 aliphatic carbocycles. The largest absolute Gasteiger partial charge is 0.382 e. The van der Waals surface area contributed by atoms with Gasteiger partial charge in [0.05, 0.1) is 0 Å². The molecule has 0 spiro atoms. The van der Waals surface area contributed by atoms with Gasteiger partial charge >= 0.3 is 0 Å². The molecule has 7 heteroatoms. The van der Waals surface area contributed by atoms with Crippen LogP contribution in [0.15, 0.2) is 54.3 Å². The topological polar surface area (TPSA) is 97.8 Å². The van der Waals surface area contributed by atoms with Gasteiger partial charge in [0.15, 0.2) is 11.4 Å². The second-order valence-corrected chi connectivity index (χ2v) is 6.96. The first-order valence-electron chi connectivity index (χ1n) is 8.16. The fourth-order valence-corrected chi connectivity index (χ4v) is 3.22. The van der Waals surface area contributed by atoms with Crippen molar-refractivity contribution < 1.29 is 5.11 Å². The van der Waals surface area contributed by atoms with Gasteiger partial charge in [-0.3, -0.25) is 0 Å². The zero-order chi connectivity index (χ0) is 18.9. The van der Waals surface area contributed by atoms with Crippen molar-refractivity contribution in [3.63, 3.8) is 0 Å². The summed E-state index contributed by atoms with van der Waals surface area (Å²) in [4.78, 5) is 17.1. The minimum absolute atomic E-state index is 0.367. The molecule has 0 aliphatic heterocycles. The molecule has 27 heavy (non-hydrogen) atoms. The van der Waals surface area contributed by atoms with E-state index >= 15 is 0 Å². The van der Waals surface area contributed by atoms with Gasteiger partial charge in [0.2, 0.25) is 0 Å². The molecule has 3 N–H and O–H groups in total. The van der Waals surface area contributed by atoms with Crippen LogP contribution in [0.25, 0.3) is 22.3 Å². The fourth-order valence-electron chi connectivity index (χ4n) is 2.56. The van der Waals surface area contributed by atoms with Crippen LogP contribution >= 0.6 is 11.3 Å². The van der Waals surface area contributed by atoms with Crippen LogP contribution in [-0.2, 0) is 5.60 Å². The van der Waals surface area contributed by atoms with E-state index in [9.17, 15) is 5.11 Å². The van der Waals surface area contributed by atoms with Crippen molar-refractivity contribution in [2.75, 3.05) is 5.73 Å². The number of fused-ring (bicyclic) bond motifs is 1. The van der Waals surface area contributed by atoms with Crippen LogP contribution in [0, 0.1) is 11.8 Å². The predicted molar refractivity (Wildman–Crippen MR) is 106 cm³/mol. The first-order valence-corrected chi connectivity index (χ1v) is 9.04. The standard InChI is InChI=1S/C20H15N5OS/c1-20(26,19-23-9-10-27-19)7-5-13-3-2-4-14(11-13)18-24-12-15-6-8-22-17(21)16(15)25-18/h2-4,6,8-12,26H,1H3,(H2,21,22)/t20-/m1/s1. The summed E-state index contributed by atoms with van der Waals surface area (Å²) in [5.74, 6) is 6.79. The number of aliphatic hydroxyl groups is 1. The van der Waals surface area contributed by atoms with Gasteiger partial charge in [-0.15, -0.1) is 11.3 Å². The highest BCUT2D eigenvalue weighted by molar-refractivity contribution is 7.09. The third kappa shape index (κ3) is 3.49. The Labute approximate surface area is 159 Å². The van der Waals surface area contributed by atoms with Crippen molar-refractivity contribution >= 4 is 28.1 Å². The summed E-state index contributed by atoms with van der Waals surface area (Å²) in [6.45, 7) is 1.63. The second-order valence-electron chi connectivity index (χ2n) is 6.07. The maximum atomic E-state index is 10.5. The molecule has 0 bridgehead atoms. The third-order valence-electron chi connectivity index (χ3n) is 3.95. The molecule has 3 heterocycles. The van der Waals surface area contributed by atoms with Crippen molar-refractivity contribution in [3.05, 3.63) is 64.9 Å². The van der Waals surface area contributed by atoms with Crippen molar-refractivity contribution in [2.24, 2.45) is 0 Å². The number of thiazole rings is 1. The lowest BCUT2D eigenvalue weighted by atomic mass is 10.1. The van der Waals surface area contributed by atoms with E-state index in [4.69, 9.17) is 5.73 Å². The Kier molecular flexibility index (Phi) is 4.28. The van der Waals surface area contributed by atoms with Crippen molar-refractivity contribution in [1.29, 1.82) is 0 Å². The molecule has 132 valence electrons. The van der Waals surface area contributed by atoms with Crippen LogP contribution < -0.4 is 5.73 Å². The van der Waals surface area contributed by atoms with Gasteiger partial charge in [-0.2, -0.15) is 0 Å². The summed E-state index contributed by atoms with van der Waals surface area (Å²) >= 11 is 1.37. The zero-order valence-corrected chi connectivity index (χ0v) is 15.2. The maximum Gasteiger partial charge on any atom is 0.174 e. The minimum Gasteiger partial charge on any atom is -0.382 e. The van der Waals surface area contributed by atoms with E-state index in [1.54, 1.807) is 25.5 Å². The SMILES string of the molecule is C[C@@](O)(C#Cc1cccc(-c2ncc3ccnc(N)c3n2)c1)c1nccs1. The number of hydrogen-bond donors (Lipinski definition) is 2. The first kappa shape index (κ1) is 17.1. The Morgan fingerprint density at radius 1 is 1.15 bits per heavy atom. The molecular formula is C20H15N5OS. The van der Waals surface area contributed by atoms with Gasteiger partial charge in [0.25, 0.3) is 0 Å². The molecule has 0 amide bonds. The summed E-state index contributed by atoms with van der Waals surface area (Å²) < 4.78 is 0. The van der Waals surface area contributed by atoms with Gasteiger partial charge in [0.1, 0.15) is 16.3 Å². The Morgan fingerprint density at radius 2 is 2.04 bits per heavy atom. The number of aromatic nitrogens is 4. The van der Waals surface area contributed by atoms with E-state index in [2.05, 4.69) is 31.8 Å². The molecule has 0 fully saturated rings. The number of rotatable bonds is 2. The molecule has 1 atom stereocenters. The molecule has 0 saturated heterocycles. The van der Waals surface area contributed by atoms with Gasteiger partial charge in [-0.25, -0.2) is 19.9 Å². The highest BCUT2D eigenvalue weighted by atomic mass is 32.1.